The van der Waals surface area contributed by atoms with Crippen molar-refractivity contribution < 1.29 is 13.9 Å². The third kappa shape index (κ3) is 4.45. The Kier molecular flexibility index (Phi) is 5.76. The van der Waals surface area contributed by atoms with Gasteiger partial charge in [0.1, 0.15) is 0 Å². The molecule has 3 fully saturated rings. The number of fused-ring (bicyclic) bond motifs is 1. The third-order valence-corrected chi connectivity index (χ3v) is 6.21. The molecular formula is C20H32N2O3. The van der Waals surface area contributed by atoms with Crippen LogP contribution in [0, 0.1) is 5.92 Å². The number of furan rings is 1. The van der Waals surface area contributed by atoms with Gasteiger partial charge in [-0.25, -0.2) is 0 Å². The zero-order chi connectivity index (χ0) is 17.1. The van der Waals surface area contributed by atoms with E-state index in [1.165, 1.54) is 37.9 Å². The van der Waals surface area contributed by atoms with Gasteiger partial charge >= 0.3 is 0 Å². The maximum absolute atomic E-state index is 6.37. The highest BCUT2D eigenvalue weighted by Gasteiger charge is 2.39. The molecule has 3 atom stereocenters. The molecule has 140 valence electrons. The smallest absolute Gasteiger partial charge is 0.0947 e. The Morgan fingerprint density at radius 1 is 1.08 bits per heavy atom. The summed E-state index contributed by atoms with van der Waals surface area (Å²) in [5.74, 6) is 0.740. The van der Waals surface area contributed by atoms with Crippen molar-refractivity contribution in [3.63, 3.8) is 0 Å². The van der Waals surface area contributed by atoms with Crippen molar-refractivity contribution in [3.05, 3.63) is 24.2 Å². The number of likely N-dealkylation sites (tertiary alicyclic amines) is 2. The molecule has 3 aliphatic heterocycles. The molecule has 1 aromatic heterocycles. The number of piperidine rings is 1. The normalized spacial score (nSPS) is 32.1. The first-order valence-corrected chi connectivity index (χ1v) is 9.95. The van der Waals surface area contributed by atoms with Crippen LogP contribution in [0.3, 0.4) is 0 Å². The first-order valence-electron chi connectivity index (χ1n) is 9.95. The molecule has 0 bridgehead atoms. The summed E-state index contributed by atoms with van der Waals surface area (Å²) in [5.41, 5.74) is 1.27. The Hall–Kier alpha value is -0.880. The summed E-state index contributed by atoms with van der Waals surface area (Å²) in [6.45, 7) is 6.22. The van der Waals surface area contributed by atoms with E-state index < -0.39 is 0 Å². The molecule has 0 aliphatic carbocycles. The number of rotatable bonds is 6. The molecule has 4 rings (SSSR count). The first kappa shape index (κ1) is 17.5. The highest BCUT2D eigenvalue weighted by atomic mass is 16.5. The highest BCUT2D eigenvalue weighted by Crippen LogP contribution is 2.32. The maximum Gasteiger partial charge on any atom is 0.0947 e. The molecule has 0 saturated carbocycles. The van der Waals surface area contributed by atoms with Gasteiger partial charge in [-0.1, -0.05) is 0 Å². The molecule has 0 unspecified atom stereocenters. The molecule has 25 heavy (non-hydrogen) atoms. The topological polar surface area (TPSA) is 38.1 Å². The van der Waals surface area contributed by atoms with E-state index in [-0.39, 0.29) is 0 Å². The molecule has 0 spiro atoms. The van der Waals surface area contributed by atoms with Crippen molar-refractivity contribution in [2.45, 2.75) is 56.9 Å². The maximum atomic E-state index is 6.37. The second kappa shape index (κ2) is 8.21. The summed E-state index contributed by atoms with van der Waals surface area (Å²) in [4.78, 5) is 4.97. The Morgan fingerprint density at radius 2 is 1.96 bits per heavy atom. The zero-order valence-electron chi connectivity index (χ0n) is 15.4. The van der Waals surface area contributed by atoms with Crippen LogP contribution in [0.15, 0.2) is 23.0 Å². The van der Waals surface area contributed by atoms with Crippen LogP contribution >= 0.6 is 0 Å². The molecule has 0 amide bonds. The monoisotopic (exact) mass is 348 g/mol. The Morgan fingerprint density at radius 3 is 2.76 bits per heavy atom. The van der Waals surface area contributed by atoms with Gasteiger partial charge in [0.05, 0.1) is 31.3 Å². The fraction of sp³-hybridized carbons (Fsp3) is 0.800. The number of hydrogen-bond donors (Lipinski definition) is 0. The van der Waals surface area contributed by atoms with E-state index in [1.54, 1.807) is 6.26 Å². The minimum Gasteiger partial charge on any atom is -0.472 e. The van der Waals surface area contributed by atoms with Crippen LogP contribution in [-0.4, -0.2) is 67.9 Å². The number of ether oxygens (including phenoxy) is 2. The summed E-state index contributed by atoms with van der Waals surface area (Å²) in [6.07, 6.45) is 10.3. The standard InChI is InChI=1S/C20H32N2O3/c1-21-8-4-16(5-9-21)13-24-15-18-2-3-19-20(25-18)6-10-22(19)12-17-7-11-23-14-17/h7,11,14,16,18-20H,2-6,8-10,12-13,15H2,1H3/t18-,19-,20-/m0/s1. The van der Waals surface area contributed by atoms with Crippen LogP contribution in [-0.2, 0) is 16.0 Å². The minimum absolute atomic E-state index is 0.293. The van der Waals surface area contributed by atoms with Crippen molar-refractivity contribution in [2.24, 2.45) is 5.92 Å². The van der Waals surface area contributed by atoms with Gasteiger partial charge in [0.2, 0.25) is 0 Å². The molecule has 4 heterocycles. The molecule has 1 aromatic rings. The van der Waals surface area contributed by atoms with Crippen LogP contribution in [0.1, 0.15) is 37.7 Å². The van der Waals surface area contributed by atoms with Crippen LogP contribution in [0.4, 0.5) is 0 Å². The predicted molar refractivity (Wildman–Crippen MR) is 96.5 cm³/mol. The summed E-state index contributed by atoms with van der Waals surface area (Å²) >= 11 is 0. The lowest BCUT2D eigenvalue weighted by Gasteiger charge is -2.36. The Bertz CT molecular complexity index is 513. The molecule has 3 saturated heterocycles. The highest BCUT2D eigenvalue weighted by molar-refractivity contribution is 5.07. The van der Waals surface area contributed by atoms with E-state index in [4.69, 9.17) is 13.9 Å². The van der Waals surface area contributed by atoms with E-state index in [9.17, 15) is 0 Å². The van der Waals surface area contributed by atoms with E-state index >= 15 is 0 Å². The van der Waals surface area contributed by atoms with E-state index in [0.717, 1.165) is 45.1 Å². The van der Waals surface area contributed by atoms with Gasteiger partial charge in [-0.05, 0) is 64.2 Å². The van der Waals surface area contributed by atoms with Crippen LogP contribution in [0.5, 0.6) is 0 Å². The minimum atomic E-state index is 0.293. The first-order chi connectivity index (χ1) is 12.3. The predicted octanol–water partition coefficient (Wildman–Crippen LogP) is 2.76. The summed E-state index contributed by atoms with van der Waals surface area (Å²) in [6, 6.07) is 2.64. The average molecular weight is 348 g/mol. The number of hydrogen-bond acceptors (Lipinski definition) is 5. The van der Waals surface area contributed by atoms with Crippen molar-refractivity contribution >= 4 is 0 Å². The van der Waals surface area contributed by atoms with Gasteiger partial charge in [0.15, 0.2) is 0 Å². The summed E-state index contributed by atoms with van der Waals surface area (Å²) < 4.78 is 17.6. The SMILES string of the molecule is CN1CCC(COC[C@@H]2CC[C@H]3[C@H](CCN3Cc3ccoc3)O2)CC1. The van der Waals surface area contributed by atoms with E-state index in [1.807, 2.05) is 6.26 Å². The lowest BCUT2D eigenvalue weighted by Crippen LogP contribution is -2.43. The van der Waals surface area contributed by atoms with E-state index in [2.05, 4.69) is 22.9 Å². The molecule has 0 radical (unpaired) electrons. The van der Waals surface area contributed by atoms with Gasteiger partial charge in [-0.15, -0.1) is 0 Å². The molecular weight excluding hydrogens is 316 g/mol. The van der Waals surface area contributed by atoms with Crippen molar-refractivity contribution in [1.82, 2.24) is 9.80 Å². The molecule has 3 aliphatic rings. The van der Waals surface area contributed by atoms with Crippen molar-refractivity contribution in [1.29, 1.82) is 0 Å². The van der Waals surface area contributed by atoms with Crippen LogP contribution in [0.2, 0.25) is 0 Å². The third-order valence-electron chi connectivity index (χ3n) is 6.21. The van der Waals surface area contributed by atoms with Crippen LogP contribution < -0.4 is 0 Å². The van der Waals surface area contributed by atoms with E-state index in [0.29, 0.717) is 18.2 Å². The fourth-order valence-corrected chi connectivity index (χ4v) is 4.62. The van der Waals surface area contributed by atoms with Crippen LogP contribution in [0.25, 0.3) is 0 Å². The number of nitrogens with zero attached hydrogens (tertiary/aromatic N) is 2. The lowest BCUT2D eigenvalue weighted by molar-refractivity contribution is -0.104. The summed E-state index contributed by atoms with van der Waals surface area (Å²) in [7, 11) is 2.21. The zero-order valence-corrected chi connectivity index (χ0v) is 15.4. The van der Waals surface area contributed by atoms with Gasteiger partial charge in [-0.2, -0.15) is 0 Å². The van der Waals surface area contributed by atoms with Gasteiger partial charge in [-0.3, -0.25) is 4.90 Å². The largest absolute Gasteiger partial charge is 0.472 e. The summed E-state index contributed by atoms with van der Waals surface area (Å²) in [5, 5.41) is 0. The quantitative estimate of drug-likeness (QED) is 0.790. The Balaban J connectivity index is 1.17. The lowest BCUT2D eigenvalue weighted by atomic mass is 9.98. The molecule has 0 N–H and O–H groups in total. The molecule has 5 heteroatoms. The Labute approximate surface area is 151 Å². The van der Waals surface area contributed by atoms with Crippen molar-refractivity contribution in [3.8, 4) is 0 Å². The second-order valence-electron chi connectivity index (χ2n) is 8.12. The fourth-order valence-electron chi connectivity index (χ4n) is 4.62. The molecule has 0 aromatic carbocycles. The van der Waals surface area contributed by atoms with Gasteiger partial charge < -0.3 is 18.8 Å². The second-order valence-corrected chi connectivity index (χ2v) is 8.12. The van der Waals surface area contributed by atoms with Gasteiger partial charge in [0.25, 0.3) is 0 Å². The average Bonchev–Trinajstić information content (AvgIpc) is 3.27. The molecule has 5 nitrogen and oxygen atoms in total. The van der Waals surface area contributed by atoms with Crippen molar-refractivity contribution in [2.75, 3.05) is 39.9 Å². The van der Waals surface area contributed by atoms with Gasteiger partial charge in [0, 0.05) is 31.3 Å².